The van der Waals surface area contributed by atoms with E-state index in [1.54, 1.807) is 19.2 Å². The molecular weight excluding hydrogens is 284 g/mol. The van der Waals surface area contributed by atoms with Gasteiger partial charge in [0.15, 0.2) is 0 Å². The Balaban J connectivity index is 2.24. The third-order valence-corrected chi connectivity index (χ3v) is 4.52. The van der Waals surface area contributed by atoms with Crippen LogP contribution in [0.5, 0.6) is 5.75 Å². The molecule has 0 atom stereocenters. The molecule has 21 heavy (non-hydrogen) atoms. The Kier molecular flexibility index (Phi) is 5.17. The maximum Gasteiger partial charge on any atom is 0.255 e. The van der Waals surface area contributed by atoms with E-state index in [0.717, 1.165) is 38.5 Å². The van der Waals surface area contributed by atoms with Crippen molar-refractivity contribution in [3.63, 3.8) is 0 Å². The molecule has 0 heterocycles. The fraction of sp³-hybridized carbons (Fsp3) is 0.500. The zero-order valence-electron chi connectivity index (χ0n) is 12.4. The highest BCUT2D eigenvalue weighted by atomic mass is 32.1. The van der Waals surface area contributed by atoms with Crippen molar-refractivity contribution in [3.05, 3.63) is 29.8 Å². The average Bonchev–Trinajstić information content (AvgIpc) is 2.73. The number of para-hydroxylation sites is 1. The summed E-state index contributed by atoms with van der Waals surface area (Å²) in [6.45, 7) is 0. The Morgan fingerprint density at radius 1 is 1.24 bits per heavy atom. The van der Waals surface area contributed by atoms with Gasteiger partial charge in [-0.1, -0.05) is 50.0 Å². The fourth-order valence-corrected chi connectivity index (χ4v) is 3.14. The average molecular weight is 306 g/mol. The molecule has 1 aromatic carbocycles. The Morgan fingerprint density at radius 3 is 2.43 bits per heavy atom. The van der Waals surface area contributed by atoms with Crippen LogP contribution in [0.2, 0.25) is 0 Å². The van der Waals surface area contributed by atoms with E-state index >= 15 is 0 Å². The molecule has 0 radical (unpaired) electrons. The summed E-state index contributed by atoms with van der Waals surface area (Å²) in [5.74, 6) is 0.379. The van der Waals surface area contributed by atoms with E-state index in [1.807, 2.05) is 12.1 Å². The topological polar surface area (TPSA) is 64.3 Å². The van der Waals surface area contributed by atoms with Gasteiger partial charge in [-0.25, -0.2) is 0 Å². The number of methoxy groups -OCH3 is 1. The monoisotopic (exact) mass is 306 g/mol. The highest BCUT2D eigenvalue weighted by Crippen LogP contribution is 2.29. The predicted molar refractivity (Wildman–Crippen MR) is 87.7 cm³/mol. The maximum atomic E-state index is 12.6. The van der Waals surface area contributed by atoms with E-state index in [4.69, 9.17) is 22.7 Å². The van der Waals surface area contributed by atoms with Crippen molar-refractivity contribution in [3.8, 4) is 5.75 Å². The van der Waals surface area contributed by atoms with Gasteiger partial charge in [0.05, 0.1) is 23.2 Å². The zero-order chi connectivity index (χ0) is 15.3. The van der Waals surface area contributed by atoms with Gasteiger partial charge in [-0.3, -0.25) is 4.79 Å². The van der Waals surface area contributed by atoms with Crippen molar-refractivity contribution in [2.24, 2.45) is 5.73 Å². The van der Waals surface area contributed by atoms with Crippen LogP contribution in [0, 0.1) is 0 Å². The second kappa shape index (κ2) is 6.89. The van der Waals surface area contributed by atoms with Gasteiger partial charge in [-0.2, -0.15) is 0 Å². The molecule has 1 fully saturated rings. The number of carbonyl (C=O) groups is 1. The van der Waals surface area contributed by atoms with Crippen molar-refractivity contribution in [2.75, 3.05) is 7.11 Å². The summed E-state index contributed by atoms with van der Waals surface area (Å²) >= 11 is 5.25. The van der Waals surface area contributed by atoms with E-state index in [1.165, 1.54) is 0 Å². The van der Waals surface area contributed by atoms with Gasteiger partial charge in [0.25, 0.3) is 5.91 Å². The van der Waals surface area contributed by atoms with Crippen LogP contribution in [0.4, 0.5) is 0 Å². The van der Waals surface area contributed by atoms with Crippen LogP contribution in [0.25, 0.3) is 0 Å². The highest BCUT2D eigenvalue weighted by Gasteiger charge is 2.36. The normalized spacial score (nSPS) is 17.6. The molecule has 5 heteroatoms. The largest absolute Gasteiger partial charge is 0.496 e. The number of ether oxygens (including phenoxy) is 1. The molecule has 114 valence electrons. The molecule has 1 saturated carbocycles. The van der Waals surface area contributed by atoms with Gasteiger partial charge in [0.2, 0.25) is 0 Å². The zero-order valence-corrected chi connectivity index (χ0v) is 13.2. The van der Waals surface area contributed by atoms with Crippen molar-refractivity contribution in [2.45, 2.75) is 44.1 Å². The van der Waals surface area contributed by atoms with Crippen LogP contribution in [-0.4, -0.2) is 23.5 Å². The summed E-state index contributed by atoms with van der Waals surface area (Å²) in [4.78, 5) is 13.0. The quantitative estimate of drug-likeness (QED) is 0.663. The summed E-state index contributed by atoms with van der Waals surface area (Å²) in [6, 6.07) is 7.18. The predicted octanol–water partition coefficient (Wildman–Crippen LogP) is 2.80. The Hall–Kier alpha value is -1.62. The highest BCUT2D eigenvalue weighted by molar-refractivity contribution is 7.80. The van der Waals surface area contributed by atoms with E-state index in [0.29, 0.717) is 16.3 Å². The number of amides is 1. The number of rotatable bonds is 4. The van der Waals surface area contributed by atoms with Crippen molar-refractivity contribution >= 4 is 23.1 Å². The summed E-state index contributed by atoms with van der Waals surface area (Å²) in [5, 5.41) is 3.08. The molecule has 0 aromatic heterocycles. The van der Waals surface area contributed by atoms with Crippen LogP contribution in [0.1, 0.15) is 48.9 Å². The first-order valence-electron chi connectivity index (χ1n) is 7.34. The standard InChI is InChI=1S/C16H22N2O2S/c1-20-13-9-5-4-8-12(13)14(19)18-16(15(17)21)10-6-2-3-7-11-16/h4-5,8-9H,2-3,6-7,10-11H2,1H3,(H2,17,21)(H,18,19). The second-order valence-electron chi connectivity index (χ2n) is 5.51. The lowest BCUT2D eigenvalue weighted by Crippen LogP contribution is -2.56. The minimum Gasteiger partial charge on any atom is -0.496 e. The number of nitrogens with one attached hydrogen (secondary N) is 1. The molecule has 3 N–H and O–H groups in total. The van der Waals surface area contributed by atoms with Gasteiger partial charge in [-0.05, 0) is 25.0 Å². The minimum absolute atomic E-state index is 0.179. The smallest absolute Gasteiger partial charge is 0.255 e. The van der Waals surface area contributed by atoms with E-state index in [2.05, 4.69) is 5.32 Å². The first-order chi connectivity index (χ1) is 10.1. The number of thiocarbonyl (C=S) groups is 1. The molecular formula is C16H22N2O2S. The molecule has 0 aliphatic heterocycles. The first kappa shape index (κ1) is 15.8. The molecule has 0 saturated heterocycles. The van der Waals surface area contributed by atoms with Crippen LogP contribution in [0.15, 0.2) is 24.3 Å². The molecule has 1 aliphatic rings. The lowest BCUT2D eigenvalue weighted by molar-refractivity contribution is 0.0914. The maximum absolute atomic E-state index is 12.6. The molecule has 1 aliphatic carbocycles. The molecule has 1 amide bonds. The van der Waals surface area contributed by atoms with Crippen molar-refractivity contribution < 1.29 is 9.53 Å². The van der Waals surface area contributed by atoms with Gasteiger partial charge in [0.1, 0.15) is 5.75 Å². The lowest BCUT2D eigenvalue weighted by Gasteiger charge is -2.33. The summed E-state index contributed by atoms with van der Waals surface area (Å²) in [5.41, 5.74) is 5.90. The van der Waals surface area contributed by atoms with Gasteiger partial charge >= 0.3 is 0 Å². The minimum atomic E-state index is -0.566. The molecule has 0 unspecified atom stereocenters. The fourth-order valence-electron chi connectivity index (χ4n) is 2.88. The van der Waals surface area contributed by atoms with Crippen LogP contribution in [-0.2, 0) is 0 Å². The summed E-state index contributed by atoms with van der Waals surface area (Å²) in [6.07, 6.45) is 6.00. The van der Waals surface area contributed by atoms with E-state index < -0.39 is 5.54 Å². The van der Waals surface area contributed by atoms with Crippen LogP contribution >= 0.6 is 12.2 Å². The number of nitrogens with two attached hydrogens (primary N) is 1. The third-order valence-electron chi connectivity index (χ3n) is 4.13. The van der Waals surface area contributed by atoms with E-state index in [-0.39, 0.29) is 5.91 Å². The van der Waals surface area contributed by atoms with E-state index in [9.17, 15) is 4.79 Å². The van der Waals surface area contributed by atoms with Crippen molar-refractivity contribution in [1.29, 1.82) is 0 Å². The van der Waals surface area contributed by atoms with Crippen LogP contribution < -0.4 is 15.8 Å². The Morgan fingerprint density at radius 2 is 1.86 bits per heavy atom. The molecule has 2 rings (SSSR count). The third kappa shape index (κ3) is 3.53. The molecule has 0 bridgehead atoms. The van der Waals surface area contributed by atoms with Gasteiger partial charge < -0.3 is 15.8 Å². The first-order valence-corrected chi connectivity index (χ1v) is 7.75. The number of carbonyl (C=O) groups excluding carboxylic acids is 1. The number of benzene rings is 1. The van der Waals surface area contributed by atoms with Gasteiger partial charge in [-0.15, -0.1) is 0 Å². The molecule has 4 nitrogen and oxygen atoms in total. The lowest BCUT2D eigenvalue weighted by atomic mass is 9.89. The van der Waals surface area contributed by atoms with Crippen LogP contribution in [0.3, 0.4) is 0 Å². The second-order valence-corrected chi connectivity index (χ2v) is 5.95. The molecule has 1 aromatic rings. The number of hydrogen-bond donors (Lipinski definition) is 2. The Labute approximate surface area is 131 Å². The SMILES string of the molecule is COc1ccccc1C(=O)NC1(C(N)=S)CCCCCC1. The van der Waals surface area contributed by atoms with Crippen molar-refractivity contribution in [1.82, 2.24) is 5.32 Å². The Bertz CT molecular complexity index is 523. The number of hydrogen-bond acceptors (Lipinski definition) is 3. The summed E-state index contributed by atoms with van der Waals surface area (Å²) in [7, 11) is 1.56. The molecule has 0 spiro atoms. The van der Waals surface area contributed by atoms with Gasteiger partial charge in [0, 0.05) is 0 Å². The summed E-state index contributed by atoms with van der Waals surface area (Å²) < 4.78 is 5.25.